The minimum Gasteiger partial charge on any atom is -0.480 e. The molecule has 21 heavy (non-hydrogen) atoms. The maximum absolute atomic E-state index is 12.1. The zero-order valence-electron chi connectivity index (χ0n) is 12.3. The van der Waals surface area contributed by atoms with E-state index in [4.69, 9.17) is 9.52 Å². The van der Waals surface area contributed by atoms with E-state index in [-0.39, 0.29) is 24.5 Å². The number of carboxylic acids is 1. The number of aliphatic carboxylic acids is 1. The fourth-order valence-corrected chi connectivity index (χ4v) is 2.64. The molecule has 0 aromatic carbocycles. The number of carbonyl (C=O) groups excluding carboxylic acids is 1. The van der Waals surface area contributed by atoms with Gasteiger partial charge in [-0.1, -0.05) is 13.8 Å². The Morgan fingerprint density at radius 1 is 1.48 bits per heavy atom. The van der Waals surface area contributed by atoms with Crippen molar-refractivity contribution in [3.05, 3.63) is 17.8 Å². The highest BCUT2D eigenvalue weighted by molar-refractivity contribution is 5.93. The molecule has 7 nitrogen and oxygen atoms in total. The van der Waals surface area contributed by atoms with Crippen molar-refractivity contribution in [2.75, 3.05) is 13.1 Å². The van der Waals surface area contributed by atoms with Crippen molar-refractivity contribution in [3.63, 3.8) is 0 Å². The van der Waals surface area contributed by atoms with Crippen molar-refractivity contribution in [2.45, 2.75) is 45.2 Å². The van der Waals surface area contributed by atoms with E-state index in [0.29, 0.717) is 24.4 Å². The van der Waals surface area contributed by atoms with Gasteiger partial charge in [-0.25, -0.2) is 4.98 Å². The Hall–Kier alpha value is -1.89. The summed E-state index contributed by atoms with van der Waals surface area (Å²) in [7, 11) is 0. The summed E-state index contributed by atoms with van der Waals surface area (Å²) in [5.41, 5.74) is 0.346. The van der Waals surface area contributed by atoms with Gasteiger partial charge in [0.15, 0.2) is 12.1 Å². The van der Waals surface area contributed by atoms with Crippen LogP contribution in [0.25, 0.3) is 0 Å². The minimum atomic E-state index is -0.820. The maximum Gasteiger partial charge on any atom is 0.317 e. The number of nitrogens with one attached hydrogen (secondary N) is 1. The number of oxazole rings is 1. The summed E-state index contributed by atoms with van der Waals surface area (Å²) in [5.74, 6) is -0.450. The number of rotatable bonds is 7. The van der Waals surface area contributed by atoms with E-state index >= 15 is 0 Å². The quantitative estimate of drug-likeness (QED) is 0.776. The zero-order chi connectivity index (χ0) is 15.4. The first-order valence-corrected chi connectivity index (χ1v) is 7.24. The second-order valence-electron chi connectivity index (χ2n) is 5.23. The first-order valence-electron chi connectivity index (χ1n) is 7.24. The molecule has 116 valence electrons. The summed E-state index contributed by atoms with van der Waals surface area (Å²) in [6, 6.07) is 0.297. The van der Waals surface area contributed by atoms with Crippen molar-refractivity contribution in [2.24, 2.45) is 0 Å². The van der Waals surface area contributed by atoms with Crippen molar-refractivity contribution < 1.29 is 19.1 Å². The third-order valence-electron chi connectivity index (χ3n) is 3.89. The van der Waals surface area contributed by atoms with E-state index < -0.39 is 5.97 Å². The zero-order valence-corrected chi connectivity index (χ0v) is 12.3. The van der Waals surface area contributed by atoms with Crippen LogP contribution < -0.4 is 5.32 Å². The molecule has 1 aromatic rings. The van der Waals surface area contributed by atoms with Crippen molar-refractivity contribution in [1.82, 2.24) is 15.2 Å². The molecular formula is C14H21N3O4. The molecule has 0 spiro atoms. The Morgan fingerprint density at radius 3 is 2.76 bits per heavy atom. The van der Waals surface area contributed by atoms with Crippen LogP contribution in [0.4, 0.5) is 0 Å². The van der Waals surface area contributed by atoms with Gasteiger partial charge >= 0.3 is 5.97 Å². The van der Waals surface area contributed by atoms with Crippen LogP contribution in [0, 0.1) is 0 Å². The van der Waals surface area contributed by atoms with Gasteiger partial charge in [-0.05, 0) is 19.4 Å². The molecule has 2 rings (SSSR count). The topological polar surface area (TPSA) is 95.7 Å². The van der Waals surface area contributed by atoms with E-state index in [1.54, 1.807) is 0 Å². The smallest absolute Gasteiger partial charge is 0.317 e. The number of aromatic nitrogens is 1. The molecule has 0 radical (unpaired) electrons. The number of nitrogens with zero attached hydrogens (tertiary/aromatic N) is 2. The Labute approximate surface area is 123 Å². The van der Waals surface area contributed by atoms with Crippen LogP contribution in [0.2, 0.25) is 0 Å². The minimum absolute atomic E-state index is 0.0467. The number of carboxylic acid groups (broad SMARTS) is 1. The summed E-state index contributed by atoms with van der Waals surface area (Å²) in [6.45, 7) is 4.59. The number of amides is 1. The summed E-state index contributed by atoms with van der Waals surface area (Å²) in [4.78, 5) is 28.7. The third-order valence-corrected chi connectivity index (χ3v) is 3.89. The van der Waals surface area contributed by atoms with Crippen LogP contribution in [-0.4, -0.2) is 52.0 Å². The maximum atomic E-state index is 12.1. The number of hydrogen-bond acceptors (Lipinski definition) is 5. The van der Waals surface area contributed by atoms with E-state index in [1.807, 2.05) is 18.7 Å². The normalized spacial score (nSPS) is 21.1. The molecule has 1 aliphatic rings. The van der Waals surface area contributed by atoms with E-state index in [1.165, 1.54) is 6.39 Å². The Kier molecular flexibility index (Phi) is 4.95. The predicted octanol–water partition coefficient (Wildman–Crippen LogP) is 0.904. The fraction of sp³-hybridized carbons (Fsp3) is 0.643. The summed E-state index contributed by atoms with van der Waals surface area (Å²) in [5, 5.41) is 11.8. The van der Waals surface area contributed by atoms with Crippen LogP contribution >= 0.6 is 0 Å². The van der Waals surface area contributed by atoms with Crippen LogP contribution in [0.3, 0.4) is 0 Å². The predicted molar refractivity (Wildman–Crippen MR) is 75.0 cm³/mol. The average molecular weight is 295 g/mol. The highest BCUT2D eigenvalue weighted by atomic mass is 16.4. The molecule has 0 saturated heterocycles. The molecule has 1 saturated carbocycles. The monoisotopic (exact) mass is 295 g/mol. The highest BCUT2D eigenvalue weighted by Crippen LogP contribution is 2.26. The lowest BCUT2D eigenvalue weighted by Crippen LogP contribution is -2.54. The summed E-state index contributed by atoms with van der Waals surface area (Å²) < 4.78 is 5.14. The third kappa shape index (κ3) is 3.60. The second kappa shape index (κ2) is 6.71. The molecule has 1 fully saturated rings. The first-order chi connectivity index (χ1) is 10.0. The van der Waals surface area contributed by atoms with Gasteiger partial charge in [0, 0.05) is 18.5 Å². The number of hydrogen-bond donors (Lipinski definition) is 2. The number of aryl methyl sites for hydroxylation is 1. The molecule has 0 atom stereocenters. The Bertz CT molecular complexity index is 508. The van der Waals surface area contributed by atoms with Crippen LogP contribution in [0.15, 0.2) is 10.8 Å². The molecule has 2 N–H and O–H groups in total. The second-order valence-corrected chi connectivity index (χ2v) is 5.23. The SMILES string of the molecule is CCc1ocnc1C(=O)NC1CC(N(CC)CC(=O)O)C1. The molecule has 1 heterocycles. The molecule has 1 aliphatic carbocycles. The van der Waals surface area contributed by atoms with Gasteiger partial charge in [-0.3, -0.25) is 14.5 Å². The highest BCUT2D eigenvalue weighted by Gasteiger charge is 2.35. The molecule has 1 aromatic heterocycles. The van der Waals surface area contributed by atoms with Crippen LogP contribution in [-0.2, 0) is 11.2 Å². The van der Waals surface area contributed by atoms with Crippen molar-refractivity contribution >= 4 is 11.9 Å². The molecule has 0 aliphatic heterocycles. The van der Waals surface area contributed by atoms with E-state index in [9.17, 15) is 9.59 Å². The van der Waals surface area contributed by atoms with Gasteiger partial charge in [0.1, 0.15) is 5.76 Å². The molecule has 0 bridgehead atoms. The van der Waals surface area contributed by atoms with Gasteiger partial charge in [0.2, 0.25) is 0 Å². The van der Waals surface area contributed by atoms with E-state index in [0.717, 1.165) is 12.8 Å². The number of likely N-dealkylation sites (N-methyl/N-ethyl adjacent to an activating group) is 1. The molecule has 1 amide bonds. The van der Waals surface area contributed by atoms with Crippen LogP contribution in [0.5, 0.6) is 0 Å². The summed E-state index contributed by atoms with van der Waals surface area (Å²) in [6.07, 6.45) is 3.44. The Morgan fingerprint density at radius 2 is 2.19 bits per heavy atom. The standard InChI is InChI=1S/C14H21N3O4/c1-3-11-13(15-8-21-11)14(20)16-9-5-10(6-9)17(4-2)7-12(18)19/h8-10H,3-7H2,1-2H3,(H,16,20)(H,18,19). The van der Waals surface area contributed by atoms with Gasteiger partial charge in [0.05, 0.1) is 6.54 Å². The molecular weight excluding hydrogens is 274 g/mol. The lowest BCUT2D eigenvalue weighted by atomic mass is 9.85. The van der Waals surface area contributed by atoms with E-state index in [2.05, 4.69) is 10.3 Å². The van der Waals surface area contributed by atoms with Crippen molar-refractivity contribution in [1.29, 1.82) is 0 Å². The van der Waals surface area contributed by atoms with Gasteiger partial charge in [-0.15, -0.1) is 0 Å². The summed E-state index contributed by atoms with van der Waals surface area (Å²) >= 11 is 0. The molecule has 7 heteroatoms. The fourth-order valence-electron chi connectivity index (χ4n) is 2.64. The Balaban J connectivity index is 1.82. The van der Waals surface area contributed by atoms with Gasteiger partial charge < -0.3 is 14.8 Å². The van der Waals surface area contributed by atoms with Crippen LogP contribution in [0.1, 0.15) is 42.9 Å². The van der Waals surface area contributed by atoms with Gasteiger partial charge in [-0.2, -0.15) is 0 Å². The van der Waals surface area contributed by atoms with Gasteiger partial charge in [0.25, 0.3) is 5.91 Å². The molecule has 0 unspecified atom stereocenters. The van der Waals surface area contributed by atoms with Crippen molar-refractivity contribution in [3.8, 4) is 0 Å². The average Bonchev–Trinajstić information content (AvgIpc) is 2.88. The lowest BCUT2D eigenvalue weighted by molar-refractivity contribution is -0.139. The largest absolute Gasteiger partial charge is 0.480 e. The first kappa shape index (κ1) is 15.5. The lowest BCUT2D eigenvalue weighted by Gasteiger charge is -2.42. The number of carbonyl (C=O) groups is 2.